The molecule has 9 heteroatoms. The standard InChI is InChI=1S/C21H21F2N3O3S/c1-13(2)26-19(15-6-8-16(28-3)9-7-15)24-25-21(26)30-12-18(27)14-4-10-17(11-5-14)29-20(22)23/h4-11,13,20H,12H2,1-3H3. The molecule has 158 valence electrons. The molecule has 0 saturated heterocycles. The maximum absolute atomic E-state index is 12.5. The average Bonchev–Trinajstić information content (AvgIpc) is 3.16. The number of hydrogen-bond acceptors (Lipinski definition) is 6. The van der Waals surface area contributed by atoms with Gasteiger partial charge in [-0.1, -0.05) is 11.8 Å². The number of carbonyl (C=O) groups is 1. The van der Waals surface area contributed by atoms with Crippen molar-refractivity contribution in [1.82, 2.24) is 14.8 Å². The number of Topliss-reactive ketones (excluding diaryl/α,β-unsaturated/α-hetero) is 1. The highest BCUT2D eigenvalue weighted by molar-refractivity contribution is 7.99. The summed E-state index contributed by atoms with van der Waals surface area (Å²) in [7, 11) is 1.61. The molecule has 1 aromatic heterocycles. The summed E-state index contributed by atoms with van der Waals surface area (Å²) in [5.74, 6) is 1.46. The van der Waals surface area contributed by atoms with Gasteiger partial charge in [0.05, 0.1) is 12.9 Å². The summed E-state index contributed by atoms with van der Waals surface area (Å²) in [5, 5.41) is 9.19. The van der Waals surface area contributed by atoms with Crippen LogP contribution in [0.25, 0.3) is 11.4 Å². The third-order valence-corrected chi connectivity index (χ3v) is 5.21. The molecule has 0 atom stereocenters. The zero-order valence-electron chi connectivity index (χ0n) is 16.7. The van der Waals surface area contributed by atoms with Crippen molar-refractivity contribution in [2.24, 2.45) is 0 Å². The Morgan fingerprint density at radius 3 is 2.23 bits per heavy atom. The molecular formula is C21H21F2N3O3S. The van der Waals surface area contributed by atoms with Gasteiger partial charge in [-0.2, -0.15) is 8.78 Å². The lowest BCUT2D eigenvalue weighted by molar-refractivity contribution is -0.0498. The van der Waals surface area contributed by atoms with Gasteiger partial charge in [0.25, 0.3) is 0 Å². The normalized spacial score (nSPS) is 11.2. The molecule has 0 bridgehead atoms. The molecule has 0 fully saturated rings. The number of ketones is 1. The van der Waals surface area contributed by atoms with Crippen molar-refractivity contribution in [3.05, 3.63) is 54.1 Å². The van der Waals surface area contributed by atoms with Gasteiger partial charge in [-0.05, 0) is 62.4 Å². The maximum Gasteiger partial charge on any atom is 0.387 e. The summed E-state index contributed by atoms with van der Waals surface area (Å²) in [4.78, 5) is 12.5. The first-order valence-corrected chi connectivity index (χ1v) is 10.2. The van der Waals surface area contributed by atoms with E-state index in [0.29, 0.717) is 16.5 Å². The quantitative estimate of drug-likeness (QED) is 0.345. The van der Waals surface area contributed by atoms with E-state index in [2.05, 4.69) is 14.9 Å². The molecule has 3 rings (SSSR count). The summed E-state index contributed by atoms with van der Waals surface area (Å²) in [6.45, 7) is 1.14. The van der Waals surface area contributed by atoms with Crippen LogP contribution >= 0.6 is 11.8 Å². The van der Waals surface area contributed by atoms with Crippen LogP contribution < -0.4 is 9.47 Å². The molecule has 30 heavy (non-hydrogen) atoms. The summed E-state index contributed by atoms with van der Waals surface area (Å²) < 4.78 is 35.9. The molecule has 0 N–H and O–H groups in total. The van der Waals surface area contributed by atoms with Gasteiger partial charge in [-0.3, -0.25) is 9.36 Å². The predicted octanol–water partition coefficient (Wildman–Crippen LogP) is 5.11. The smallest absolute Gasteiger partial charge is 0.387 e. The zero-order valence-corrected chi connectivity index (χ0v) is 17.5. The Labute approximate surface area is 177 Å². The lowest BCUT2D eigenvalue weighted by Crippen LogP contribution is -2.08. The van der Waals surface area contributed by atoms with Crippen molar-refractivity contribution in [1.29, 1.82) is 0 Å². The van der Waals surface area contributed by atoms with E-state index >= 15 is 0 Å². The van der Waals surface area contributed by atoms with E-state index < -0.39 is 6.61 Å². The van der Waals surface area contributed by atoms with Gasteiger partial charge < -0.3 is 9.47 Å². The Morgan fingerprint density at radius 1 is 1.03 bits per heavy atom. The van der Waals surface area contributed by atoms with E-state index in [-0.39, 0.29) is 23.3 Å². The fourth-order valence-electron chi connectivity index (χ4n) is 2.81. The molecule has 0 spiro atoms. The topological polar surface area (TPSA) is 66.2 Å². The number of hydrogen-bond donors (Lipinski definition) is 0. The van der Waals surface area contributed by atoms with Crippen molar-refractivity contribution in [2.45, 2.75) is 31.7 Å². The molecule has 0 amide bonds. The minimum Gasteiger partial charge on any atom is -0.497 e. The molecule has 0 saturated carbocycles. The maximum atomic E-state index is 12.5. The highest BCUT2D eigenvalue weighted by atomic mass is 32.2. The number of thioether (sulfide) groups is 1. The van der Waals surface area contributed by atoms with Crippen LogP contribution in [0.1, 0.15) is 30.2 Å². The number of methoxy groups -OCH3 is 1. The molecular weight excluding hydrogens is 412 g/mol. The Bertz CT molecular complexity index is 990. The molecule has 3 aromatic rings. The van der Waals surface area contributed by atoms with Gasteiger partial charge in [0.1, 0.15) is 11.5 Å². The number of carbonyl (C=O) groups excluding carboxylic acids is 1. The highest BCUT2D eigenvalue weighted by Gasteiger charge is 2.18. The lowest BCUT2D eigenvalue weighted by atomic mass is 10.1. The number of aromatic nitrogens is 3. The van der Waals surface area contributed by atoms with Crippen LogP contribution in [-0.2, 0) is 0 Å². The Morgan fingerprint density at radius 2 is 1.67 bits per heavy atom. The van der Waals surface area contributed by atoms with E-state index in [4.69, 9.17) is 4.74 Å². The summed E-state index contributed by atoms with van der Waals surface area (Å²) in [5.41, 5.74) is 1.31. The second-order valence-corrected chi connectivity index (χ2v) is 7.56. The Balaban J connectivity index is 1.73. The van der Waals surface area contributed by atoms with Gasteiger partial charge >= 0.3 is 6.61 Å². The van der Waals surface area contributed by atoms with Crippen molar-refractivity contribution in [3.63, 3.8) is 0 Å². The minimum absolute atomic E-state index is 0.0119. The monoisotopic (exact) mass is 433 g/mol. The molecule has 6 nitrogen and oxygen atoms in total. The second-order valence-electron chi connectivity index (χ2n) is 6.61. The van der Waals surface area contributed by atoms with E-state index in [0.717, 1.165) is 11.3 Å². The molecule has 0 aliphatic rings. The second kappa shape index (κ2) is 9.71. The van der Waals surface area contributed by atoms with Crippen molar-refractivity contribution < 1.29 is 23.0 Å². The summed E-state index contributed by atoms with van der Waals surface area (Å²) in [6.07, 6.45) is 0. The van der Waals surface area contributed by atoms with Gasteiger partial charge in [-0.25, -0.2) is 0 Å². The fraction of sp³-hybridized carbons (Fsp3) is 0.286. The third kappa shape index (κ3) is 5.15. The van der Waals surface area contributed by atoms with Crippen molar-refractivity contribution >= 4 is 17.5 Å². The van der Waals surface area contributed by atoms with Crippen LogP contribution in [-0.4, -0.2) is 40.0 Å². The first kappa shape index (κ1) is 21.8. The van der Waals surface area contributed by atoms with Crippen LogP contribution in [0, 0.1) is 0 Å². The van der Waals surface area contributed by atoms with Gasteiger partial charge in [-0.15, -0.1) is 10.2 Å². The van der Waals surface area contributed by atoms with Gasteiger partial charge in [0, 0.05) is 17.2 Å². The van der Waals surface area contributed by atoms with Crippen LogP contribution in [0.2, 0.25) is 0 Å². The number of nitrogens with zero attached hydrogens (tertiary/aromatic N) is 3. The van der Waals surface area contributed by atoms with Crippen LogP contribution in [0.5, 0.6) is 11.5 Å². The van der Waals surface area contributed by atoms with E-state index in [1.807, 2.05) is 42.7 Å². The van der Waals surface area contributed by atoms with Crippen molar-refractivity contribution in [3.8, 4) is 22.9 Å². The molecule has 0 unspecified atom stereocenters. The minimum atomic E-state index is -2.90. The van der Waals surface area contributed by atoms with Crippen LogP contribution in [0.3, 0.4) is 0 Å². The Kier molecular flexibility index (Phi) is 7.04. The van der Waals surface area contributed by atoms with Gasteiger partial charge in [0.15, 0.2) is 16.8 Å². The molecule has 1 heterocycles. The highest BCUT2D eigenvalue weighted by Crippen LogP contribution is 2.29. The SMILES string of the molecule is COc1ccc(-c2nnc(SCC(=O)c3ccc(OC(F)F)cc3)n2C(C)C)cc1. The molecule has 0 aliphatic heterocycles. The third-order valence-electron chi connectivity index (χ3n) is 4.26. The van der Waals surface area contributed by atoms with Gasteiger partial charge in [0.2, 0.25) is 0 Å². The average molecular weight is 433 g/mol. The van der Waals surface area contributed by atoms with E-state index in [1.165, 1.54) is 36.0 Å². The largest absolute Gasteiger partial charge is 0.497 e. The molecule has 0 aliphatic carbocycles. The molecule has 0 radical (unpaired) electrons. The van der Waals surface area contributed by atoms with Crippen molar-refractivity contribution in [2.75, 3.05) is 12.9 Å². The Hall–Kier alpha value is -2.94. The number of rotatable bonds is 9. The fourth-order valence-corrected chi connectivity index (χ4v) is 3.78. The molecule has 2 aromatic carbocycles. The lowest BCUT2D eigenvalue weighted by Gasteiger charge is -2.14. The zero-order chi connectivity index (χ0) is 21.7. The number of halogens is 2. The van der Waals surface area contributed by atoms with Crippen LogP contribution in [0.15, 0.2) is 53.7 Å². The van der Waals surface area contributed by atoms with E-state index in [1.54, 1.807) is 7.11 Å². The van der Waals surface area contributed by atoms with Crippen LogP contribution in [0.4, 0.5) is 8.78 Å². The first-order chi connectivity index (χ1) is 14.4. The number of alkyl halides is 2. The predicted molar refractivity (Wildman–Crippen MR) is 111 cm³/mol. The number of ether oxygens (including phenoxy) is 2. The summed E-state index contributed by atoms with van der Waals surface area (Å²) in [6, 6.07) is 13.2. The number of benzene rings is 2. The first-order valence-electron chi connectivity index (χ1n) is 9.19. The van der Waals surface area contributed by atoms with E-state index in [9.17, 15) is 13.6 Å². The summed E-state index contributed by atoms with van der Waals surface area (Å²) >= 11 is 1.28.